The average molecular weight is 290 g/mol. The van der Waals surface area contributed by atoms with E-state index in [0.29, 0.717) is 36.1 Å². The van der Waals surface area contributed by atoms with E-state index >= 15 is 0 Å². The predicted molar refractivity (Wildman–Crippen MR) is 81.2 cm³/mol. The van der Waals surface area contributed by atoms with Gasteiger partial charge in [0, 0.05) is 37.5 Å². The highest BCUT2D eigenvalue weighted by Crippen LogP contribution is 2.15. The van der Waals surface area contributed by atoms with Crippen molar-refractivity contribution in [2.75, 3.05) is 31.1 Å². The molecule has 1 aliphatic rings. The van der Waals surface area contributed by atoms with Crippen molar-refractivity contribution in [2.24, 2.45) is 5.92 Å². The molecule has 0 saturated carbocycles. The number of hydrogen-bond donors (Lipinski definition) is 1. The van der Waals surface area contributed by atoms with Crippen LogP contribution in [0, 0.1) is 5.92 Å². The predicted octanol–water partition coefficient (Wildman–Crippen LogP) is 1.52. The Labute approximate surface area is 118 Å². The quantitative estimate of drug-likeness (QED) is 0.772. The van der Waals surface area contributed by atoms with Gasteiger partial charge in [0.1, 0.15) is 0 Å². The first-order valence-electron chi connectivity index (χ1n) is 7.57. The van der Waals surface area contributed by atoms with Gasteiger partial charge in [0.2, 0.25) is 0 Å². The number of rotatable bonds is 7. The highest BCUT2D eigenvalue weighted by atomic mass is 32.2. The lowest BCUT2D eigenvalue weighted by Crippen LogP contribution is -2.58. The number of nitrogens with zero attached hydrogens (tertiary/aromatic N) is 1. The van der Waals surface area contributed by atoms with E-state index in [1.807, 2.05) is 6.92 Å². The maximum atomic E-state index is 11.8. The van der Waals surface area contributed by atoms with E-state index in [1.165, 1.54) is 0 Å². The first-order chi connectivity index (χ1) is 8.89. The van der Waals surface area contributed by atoms with E-state index in [9.17, 15) is 8.42 Å². The lowest BCUT2D eigenvalue weighted by molar-refractivity contribution is 0.117. The summed E-state index contributed by atoms with van der Waals surface area (Å²) in [5.74, 6) is 1.22. The fraction of sp³-hybridized carbons (Fsp3) is 1.00. The third kappa shape index (κ3) is 5.40. The Morgan fingerprint density at radius 3 is 2.47 bits per heavy atom. The Balaban J connectivity index is 2.56. The summed E-state index contributed by atoms with van der Waals surface area (Å²) in [4.78, 5) is 2.37. The molecule has 1 saturated heterocycles. The molecule has 0 aromatic carbocycles. The summed E-state index contributed by atoms with van der Waals surface area (Å²) < 4.78 is 23.7. The van der Waals surface area contributed by atoms with Gasteiger partial charge in [0.15, 0.2) is 9.84 Å². The monoisotopic (exact) mass is 290 g/mol. The molecule has 1 heterocycles. The first kappa shape index (κ1) is 16.9. The lowest BCUT2D eigenvalue weighted by atomic mass is 9.98. The molecule has 2 atom stereocenters. The van der Waals surface area contributed by atoms with Gasteiger partial charge in [-0.2, -0.15) is 0 Å². The minimum absolute atomic E-state index is 0.308. The second kappa shape index (κ2) is 7.60. The van der Waals surface area contributed by atoms with Crippen LogP contribution in [-0.2, 0) is 9.84 Å². The summed E-state index contributed by atoms with van der Waals surface area (Å²) in [6, 6.07) is 0.962. The molecular weight excluding hydrogens is 260 g/mol. The highest BCUT2D eigenvalue weighted by Gasteiger charge is 2.28. The van der Waals surface area contributed by atoms with Crippen LogP contribution in [0.15, 0.2) is 0 Å². The molecule has 0 aromatic rings. The maximum Gasteiger partial charge on any atom is 0.151 e. The molecule has 1 rings (SSSR count). The Kier molecular flexibility index (Phi) is 6.77. The minimum atomic E-state index is -2.86. The van der Waals surface area contributed by atoms with Gasteiger partial charge >= 0.3 is 0 Å². The van der Waals surface area contributed by atoms with Gasteiger partial charge < -0.3 is 5.32 Å². The van der Waals surface area contributed by atoms with Crippen molar-refractivity contribution in [1.29, 1.82) is 0 Å². The molecule has 1 aliphatic heterocycles. The summed E-state index contributed by atoms with van der Waals surface area (Å²) >= 11 is 0. The first-order valence-corrected chi connectivity index (χ1v) is 9.39. The molecule has 0 radical (unpaired) electrons. The third-order valence-electron chi connectivity index (χ3n) is 4.04. The van der Waals surface area contributed by atoms with E-state index in [0.717, 1.165) is 25.9 Å². The van der Waals surface area contributed by atoms with Gasteiger partial charge in [-0.15, -0.1) is 0 Å². The molecule has 4 nitrogen and oxygen atoms in total. The zero-order chi connectivity index (χ0) is 14.5. The molecule has 5 heteroatoms. The van der Waals surface area contributed by atoms with E-state index in [-0.39, 0.29) is 0 Å². The van der Waals surface area contributed by atoms with Crippen LogP contribution in [0.3, 0.4) is 0 Å². The normalized spacial score (nSPS) is 25.9. The summed E-state index contributed by atoms with van der Waals surface area (Å²) in [5.41, 5.74) is 0. The molecular formula is C14H30N2O2S. The van der Waals surface area contributed by atoms with Crippen molar-refractivity contribution in [3.05, 3.63) is 0 Å². The topological polar surface area (TPSA) is 49.4 Å². The molecule has 19 heavy (non-hydrogen) atoms. The Hall–Kier alpha value is -0.130. The second-order valence-electron chi connectivity index (χ2n) is 5.97. The Morgan fingerprint density at radius 2 is 1.95 bits per heavy atom. The standard InChI is InChI=1S/C14H30N2O2S/c1-5-8-19(17,18)9-7-16-11-14(12(3)4)15-10-13(16)6-2/h12-15H,5-11H2,1-4H3. The minimum Gasteiger partial charge on any atom is -0.311 e. The Morgan fingerprint density at radius 1 is 1.26 bits per heavy atom. The molecule has 1 N–H and O–H groups in total. The number of piperazine rings is 1. The van der Waals surface area contributed by atoms with Crippen LogP contribution in [0.1, 0.15) is 40.5 Å². The van der Waals surface area contributed by atoms with Gasteiger partial charge in [-0.05, 0) is 18.8 Å². The van der Waals surface area contributed by atoms with E-state index in [1.54, 1.807) is 0 Å². The highest BCUT2D eigenvalue weighted by molar-refractivity contribution is 7.91. The van der Waals surface area contributed by atoms with E-state index < -0.39 is 9.84 Å². The maximum absolute atomic E-state index is 11.8. The van der Waals surface area contributed by atoms with Crippen molar-refractivity contribution in [1.82, 2.24) is 10.2 Å². The van der Waals surface area contributed by atoms with Gasteiger partial charge in [-0.3, -0.25) is 4.90 Å². The average Bonchev–Trinajstić information content (AvgIpc) is 2.36. The lowest BCUT2D eigenvalue weighted by Gasteiger charge is -2.41. The molecule has 0 bridgehead atoms. The molecule has 114 valence electrons. The SMILES string of the molecule is CCCS(=O)(=O)CCN1CC(C(C)C)NCC1CC. The van der Waals surface area contributed by atoms with Crippen molar-refractivity contribution in [3.8, 4) is 0 Å². The van der Waals surface area contributed by atoms with Gasteiger partial charge in [-0.1, -0.05) is 27.7 Å². The molecule has 2 unspecified atom stereocenters. The third-order valence-corrected chi connectivity index (χ3v) is 5.88. The van der Waals surface area contributed by atoms with E-state index in [4.69, 9.17) is 0 Å². The van der Waals surface area contributed by atoms with Crippen LogP contribution in [0.4, 0.5) is 0 Å². The van der Waals surface area contributed by atoms with Crippen LogP contribution >= 0.6 is 0 Å². The van der Waals surface area contributed by atoms with Gasteiger partial charge in [-0.25, -0.2) is 8.42 Å². The van der Waals surface area contributed by atoms with Crippen molar-refractivity contribution >= 4 is 9.84 Å². The summed E-state index contributed by atoms with van der Waals surface area (Å²) in [6.07, 6.45) is 1.79. The molecule has 0 aliphatic carbocycles. The second-order valence-corrected chi connectivity index (χ2v) is 8.27. The fourth-order valence-electron chi connectivity index (χ4n) is 2.68. The zero-order valence-electron chi connectivity index (χ0n) is 12.9. The van der Waals surface area contributed by atoms with Gasteiger partial charge in [0.05, 0.1) is 5.75 Å². The van der Waals surface area contributed by atoms with E-state index in [2.05, 4.69) is 31.0 Å². The summed E-state index contributed by atoms with van der Waals surface area (Å²) in [5, 5.41) is 3.58. The van der Waals surface area contributed by atoms with Crippen LogP contribution in [-0.4, -0.2) is 56.5 Å². The smallest absolute Gasteiger partial charge is 0.151 e. The molecule has 0 amide bonds. The van der Waals surface area contributed by atoms with Crippen LogP contribution in [0.25, 0.3) is 0 Å². The van der Waals surface area contributed by atoms with Crippen molar-refractivity contribution in [3.63, 3.8) is 0 Å². The number of hydrogen-bond acceptors (Lipinski definition) is 4. The van der Waals surface area contributed by atoms with Crippen molar-refractivity contribution < 1.29 is 8.42 Å². The van der Waals surface area contributed by atoms with Gasteiger partial charge in [0.25, 0.3) is 0 Å². The zero-order valence-corrected chi connectivity index (χ0v) is 13.7. The van der Waals surface area contributed by atoms with Crippen molar-refractivity contribution in [2.45, 2.75) is 52.6 Å². The summed E-state index contributed by atoms with van der Waals surface area (Å²) in [7, 11) is -2.86. The molecule has 0 aromatic heterocycles. The largest absolute Gasteiger partial charge is 0.311 e. The molecule has 1 fully saturated rings. The van der Waals surface area contributed by atoms with Crippen LogP contribution in [0.2, 0.25) is 0 Å². The fourth-order valence-corrected chi connectivity index (χ4v) is 4.01. The number of sulfone groups is 1. The van der Waals surface area contributed by atoms with Crippen LogP contribution in [0.5, 0.6) is 0 Å². The van der Waals surface area contributed by atoms with Crippen LogP contribution < -0.4 is 5.32 Å². The molecule has 0 spiro atoms. The number of nitrogens with one attached hydrogen (secondary N) is 1. The summed E-state index contributed by atoms with van der Waals surface area (Å²) in [6.45, 7) is 11.2. The Bertz CT molecular complexity index is 354.